The number of phenolic OH excluding ortho intramolecular Hbond substituents is 1. The van der Waals surface area contributed by atoms with E-state index in [2.05, 4.69) is 40.7 Å². The van der Waals surface area contributed by atoms with Gasteiger partial charge in [-0.2, -0.15) is 0 Å². The second kappa shape index (κ2) is 9.06. The third-order valence-corrected chi connectivity index (χ3v) is 8.21. The number of benzene rings is 1. The van der Waals surface area contributed by atoms with Gasteiger partial charge in [-0.15, -0.1) is 0 Å². The normalized spacial score (nSPS) is 30.1. The van der Waals surface area contributed by atoms with Crippen LogP contribution in [0.3, 0.4) is 0 Å². The Morgan fingerprint density at radius 3 is 2.79 bits per heavy atom. The topological polar surface area (TPSA) is 37.3 Å². The van der Waals surface area contributed by atoms with Crippen LogP contribution < -0.4 is 0 Å². The standard InChI is InChI=1S/C27H40O2/c1-18(2)7-6-8-20(4)24-13-14-25-23(26(29)15-16-27(24,25)5)12-10-21-17-22(28)11-9-19(21)3/h7,9,11,17,20,23-25,28H,6,8,10,12-16H2,1-5H3/t20-,23+,24-,25+,27-/m1/s1. The molecule has 5 atom stereocenters. The zero-order valence-corrected chi connectivity index (χ0v) is 19.1. The van der Waals surface area contributed by atoms with Crippen LogP contribution in [0.1, 0.15) is 83.8 Å². The lowest BCUT2D eigenvalue weighted by molar-refractivity contribution is -0.132. The minimum Gasteiger partial charge on any atom is -0.508 e. The monoisotopic (exact) mass is 396 g/mol. The largest absolute Gasteiger partial charge is 0.508 e. The second-order valence-corrected chi connectivity index (χ2v) is 10.4. The van der Waals surface area contributed by atoms with Gasteiger partial charge in [-0.05, 0) is 112 Å². The van der Waals surface area contributed by atoms with E-state index in [0.717, 1.165) is 37.5 Å². The highest BCUT2D eigenvalue weighted by Gasteiger charge is 2.54. The van der Waals surface area contributed by atoms with Gasteiger partial charge in [0.2, 0.25) is 0 Å². The molecule has 0 unspecified atom stereocenters. The van der Waals surface area contributed by atoms with Crippen molar-refractivity contribution in [1.29, 1.82) is 0 Å². The van der Waals surface area contributed by atoms with E-state index in [1.54, 1.807) is 6.07 Å². The van der Waals surface area contributed by atoms with E-state index in [9.17, 15) is 9.90 Å². The summed E-state index contributed by atoms with van der Waals surface area (Å²) in [6.45, 7) is 11.4. The molecule has 2 aliphatic carbocycles. The summed E-state index contributed by atoms with van der Waals surface area (Å²) in [5.41, 5.74) is 4.13. The maximum Gasteiger partial charge on any atom is 0.136 e. The van der Waals surface area contributed by atoms with E-state index in [1.165, 1.54) is 42.4 Å². The molecule has 3 rings (SSSR count). The minimum absolute atomic E-state index is 0.200. The van der Waals surface area contributed by atoms with Gasteiger partial charge in [0, 0.05) is 12.3 Å². The number of aromatic hydroxyl groups is 1. The summed E-state index contributed by atoms with van der Waals surface area (Å²) in [5.74, 6) is 3.03. The quantitative estimate of drug-likeness (QED) is 0.502. The van der Waals surface area contributed by atoms with Gasteiger partial charge in [0.25, 0.3) is 0 Å². The molecule has 0 aromatic heterocycles. The molecule has 0 saturated heterocycles. The van der Waals surface area contributed by atoms with Crippen molar-refractivity contribution in [2.24, 2.45) is 29.1 Å². The number of fused-ring (bicyclic) bond motifs is 1. The number of rotatable bonds is 7. The van der Waals surface area contributed by atoms with Crippen LogP contribution in [0.25, 0.3) is 0 Å². The van der Waals surface area contributed by atoms with E-state index in [4.69, 9.17) is 0 Å². The Kier molecular flexibility index (Phi) is 6.91. The summed E-state index contributed by atoms with van der Waals surface area (Å²) >= 11 is 0. The molecule has 0 aliphatic heterocycles. The number of Topliss-reactive ketones (excluding diaryl/α,β-unsaturated/α-hetero) is 1. The molecule has 0 amide bonds. The maximum absolute atomic E-state index is 12.9. The summed E-state index contributed by atoms with van der Waals surface area (Å²) < 4.78 is 0. The fraction of sp³-hybridized carbons (Fsp3) is 0.667. The molecule has 1 N–H and O–H groups in total. The van der Waals surface area contributed by atoms with E-state index >= 15 is 0 Å². The molecule has 0 radical (unpaired) electrons. The Hall–Kier alpha value is -1.57. The maximum atomic E-state index is 12.9. The van der Waals surface area contributed by atoms with E-state index < -0.39 is 0 Å². The zero-order valence-electron chi connectivity index (χ0n) is 19.1. The number of phenols is 1. The lowest BCUT2D eigenvalue weighted by atomic mass is 9.58. The average molecular weight is 397 g/mol. The third kappa shape index (κ3) is 4.78. The summed E-state index contributed by atoms with van der Waals surface area (Å²) in [5, 5.41) is 9.85. The number of carbonyl (C=O) groups excluding carboxylic acids is 1. The molecule has 1 aromatic rings. The first-order valence-electron chi connectivity index (χ1n) is 11.7. The fourth-order valence-corrected chi connectivity index (χ4v) is 6.50. The number of hydrogen-bond acceptors (Lipinski definition) is 2. The van der Waals surface area contributed by atoms with Gasteiger partial charge in [-0.25, -0.2) is 0 Å². The summed E-state index contributed by atoms with van der Waals surface area (Å²) in [7, 11) is 0. The van der Waals surface area contributed by atoms with Crippen LogP contribution in [-0.2, 0) is 11.2 Å². The summed E-state index contributed by atoms with van der Waals surface area (Å²) in [6, 6.07) is 5.61. The van der Waals surface area contributed by atoms with Crippen LogP contribution >= 0.6 is 0 Å². The highest BCUT2D eigenvalue weighted by molar-refractivity contribution is 5.82. The Bertz CT molecular complexity index is 758. The lowest BCUT2D eigenvalue weighted by Gasteiger charge is -2.46. The van der Waals surface area contributed by atoms with Gasteiger partial charge < -0.3 is 5.11 Å². The molecule has 2 nitrogen and oxygen atoms in total. The van der Waals surface area contributed by atoms with Gasteiger partial charge in [-0.3, -0.25) is 4.79 Å². The first-order valence-corrected chi connectivity index (χ1v) is 11.7. The van der Waals surface area contributed by atoms with Crippen molar-refractivity contribution >= 4 is 5.78 Å². The molecule has 0 bridgehead atoms. The number of carbonyl (C=O) groups is 1. The number of ketones is 1. The van der Waals surface area contributed by atoms with Crippen LogP contribution in [0.4, 0.5) is 0 Å². The molecule has 160 valence electrons. The molecular weight excluding hydrogens is 356 g/mol. The Labute approximate surface area is 177 Å². The zero-order chi connectivity index (χ0) is 21.2. The van der Waals surface area contributed by atoms with E-state index in [0.29, 0.717) is 22.9 Å². The third-order valence-electron chi connectivity index (χ3n) is 8.21. The SMILES string of the molecule is CC(C)=CCC[C@@H](C)[C@H]1CC[C@H]2[C@H](CCc3cc(O)ccc3C)C(=O)CC[C@]12C. The van der Waals surface area contributed by atoms with Gasteiger partial charge in [0.05, 0.1) is 0 Å². The highest BCUT2D eigenvalue weighted by atomic mass is 16.3. The van der Waals surface area contributed by atoms with Crippen molar-refractivity contribution in [2.45, 2.75) is 86.0 Å². The van der Waals surface area contributed by atoms with Gasteiger partial charge in [0.15, 0.2) is 0 Å². The summed E-state index contributed by atoms with van der Waals surface area (Å²) in [4.78, 5) is 12.9. The van der Waals surface area contributed by atoms with Crippen LogP contribution in [-0.4, -0.2) is 10.9 Å². The van der Waals surface area contributed by atoms with Crippen molar-refractivity contribution < 1.29 is 9.90 Å². The number of allylic oxidation sites excluding steroid dienone is 2. The van der Waals surface area contributed by atoms with Gasteiger partial charge in [0.1, 0.15) is 11.5 Å². The number of hydrogen-bond donors (Lipinski definition) is 1. The van der Waals surface area contributed by atoms with Crippen LogP contribution in [0, 0.1) is 36.0 Å². The van der Waals surface area contributed by atoms with Crippen molar-refractivity contribution in [3.05, 3.63) is 41.0 Å². The minimum atomic E-state index is 0.200. The van der Waals surface area contributed by atoms with Crippen molar-refractivity contribution in [3.63, 3.8) is 0 Å². The first-order chi connectivity index (χ1) is 13.7. The fourth-order valence-electron chi connectivity index (χ4n) is 6.50. The molecular formula is C27H40O2. The van der Waals surface area contributed by atoms with Crippen LogP contribution in [0.5, 0.6) is 5.75 Å². The lowest BCUT2D eigenvalue weighted by Crippen LogP contribution is -2.43. The molecule has 2 saturated carbocycles. The molecule has 2 fully saturated rings. The number of aryl methyl sites for hydroxylation is 2. The molecule has 2 heteroatoms. The van der Waals surface area contributed by atoms with Gasteiger partial charge >= 0.3 is 0 Å². The molecule has 0 heterocycles. The highest BCUT2D eigenvalue weighted by Crippen LogP contribution is 2.59. The van der Waals surface area contributed by atoms with E-state index in [1.807, 2.05) is 12.1 Å². The first kappa shape index (κ1) is 22.1. The summed E-state index contributed by atoms with van der Waals surface area (Å²) in [6.07, 6.45) is 11.0. The predicted molar refractivity (Wildman–Crippen MR) is 121 cm³/mol. The van der Waals surface area contributed by atoms with Crippen molar-refractivity contribution in [2.75, 3.05) is 0 Å². The Morgan fingerprint density at radius 2 is 2.07 bits per heavy atom. The molecule has 1 aromatic carbocycles. The molecule has 2 aliphatic rings. The van der Waals surface area contributed by atoms with Crippen LogP contribution in [0.2, 0.25) is 0 Å². The van der Waals surface area contributed by atoms with Crippen LogP contribution in [0.15, 0.2) is 29.8 Å². The smallest absolute Gasteiger partial charge is 0.136 e. The average Bonchev–Trinajstić information content (AvgIpc) is 3.01. The predicted octanol–water partition coefficient (Wildman–Crippen LogP) is 7.03. The van der Waals surface area contributed by atoms with Crippen molar-refractivity contribution in [3.8, 4) is 5.75 Å². The van der Waals surface area contributed by atoms with E-state index in [-0.39, 0.29) is 5.92 Å². The molecule has 29 heavy (non-hydrogen) atoms. The van der Waals surface area contributed by atoms with Crippen molar-refractivity contribution in [1.82, 2.24) is 0 Å². The van der Waals surface area contributed by atoms with Gasteiger partial charge in [-0.1, -0.05) is 31.6 Å². The Balaban J connectivity index is 1.70. The molecule has 0 spiro atoms. The Morgan fingerprint density at radius 1 is 1.31 bits per heavy atom. The second-order valence-electron chi connectivity index (χ2n) is 10.4.